The van der Waals surface area contributed by atoms with Crippen molar-refractivity contribution in [1.82, 2.24) is 5.32 Å². The van der Waals surface area contributed by atoms with Crippen molar-refractivity contribution in [1.29, 1.82) is 0 Å². The number of nitrogens with one attached hydrogen (secondary N) is 1. The van der Waals surface area contributed by atoms with Gasteiger partial charge in [-0.25, -0.2) is 0 Å². The maximum Gasteiger partial charge on any atom is 0.220 e. The summed E-state index contributed by atoms with van der Waals surface area (Å²) >= 11 is 0. The van der Waals surface area contributed by atoms with E-state index in [1.807, 2.05) is 0 Å². The molecule has 0 bridgehead atoms. The highest BCUT2D eigenvalue weighted by Crippen LogP contribution is 2.17. The predicted molar refractivity (Wildman–Crippen MR) is 216 cm³/mol. The van der Waals surface area contributed by atoms with Crippen LogP contribution in [0.3, 0.4) is 0 Å². The molecule has 2 atom stereocenters. The molecule has 0 radical (unpaired) electrons. The van der Waals surface area contributed by atoms with Crippen molar-refractivity contribution in [3.05, 3.63) is 0 Å². The molecule has 0 spiro atoms. The lowest BCUT2D eigenvalue weighted by Crippen LogP contribution is -2.45. The Bertz CT molecular complexity index is 626. The van der Waals surface area contributed by atoms with E-state index < -0.39 is 12.1 Å². The fourth-order valence-electron chi connectivity index (χ4n) is 7.36. The first-order chi connectivity index (χ1) is 24.2. The highest BCUT2D eigenvalue weighted by Gasteiger charge is 2.20. The van der Waals surface area contributed by atoms with Crippen LogP contribution in [0.1, 0.15) is 264 Å². The number of aliphatic hydroxyl groups is 2. The fraction of sp³-hybridized carbons (Fsp3) is 0.978. The first-order valence-corrected chi connectivity index (χ1v) is 22.7. The average Bonchev–Trinajstić information content (AvgIpc) is 3.10. The summed E-state index contributed by atoms with van der Waals surface area (Å²) in [6, 6.07) is -0.528. The van der Waals surface area contributed by atoms with Crippen LogP contribution in [0.15, 0.2) is 0 Å². The third kappa shape index (κ3) is 38.5. The lowest BCUT2D eigenvalue weighted by Gasteiger charge is -2.22. The van der Waals surface area contributed by atoms with Crippen LogP contribution in [-0.2, 0) is 4.79 Å². The van der Waals surface area contributed by atoms with Crippen LogP contribution in [0.2, 0.25) is 0 Å². The molecule has 4 nitrogen and oxygen atoms in total. The molecule has 0 unspecified atom stereocenters. The largest absolute Gasteiger partial charge is 0.394 e. The second kappa shape index (κ2) is 41.8. The maximum atomic E-state index is 12.4. The Kier molecular flexibility index (Phi) is 41.3. The van der Waals surface area contributed by atoms with Gasteiger partial charge in [0, 0.05) is 6.42 Å². The van der Waals surface area contributed by atoms with Gasteiger partial charge >= 0.3 is 0 Å². The zero-order chi connectivity index (χ0) is 35.7. The number of hydrogen-bond acceptors (Lipinski definition) is 3. The van der Waals surface area contributed by atoms with Gasteiger partial charge in [-0.05, 0) is 12.8 Å². The number of carbonyl (C=O) groups excluding carboxylic acids is 1. The molecular weight excluding hydrogens is 602 g/mol. The van der Waals surface area contributed by atoms with Gasteiger partial charge in [-0.15, -0.1) is 0 Å². The van der Waals surface area contributed by atoms with E-state index in [1.54, 1.807) is 0 Å². The normalized spacial score (nSPS) is 12.8. The van der Waals surface area contributed by atoms with Crippen LogP contribution in [0.25, 0.3) is 0 Å². The van der Waals surface area contributed by atoms with Gasteiger partial charge in [-0.3, -0.25) is 4.79 Å². The maximum absolute atomic E-state index is 12.4. The zero-order valence-corrected chi connectivity index (χ0v) is 33.7. The van der Waals surface area contributed by atoms with Crippen LogP contribution in [0.5, 0.6) is 0 Å². The molecule has 0 aromatic carbocycles. The Morgan fingerprint density at radius 1 is 0.408 bits per heavy atom. The second-order valence-electron chi connectivity index (χ2n) is 15.8. The van der Waals surface area contributed by atoms with Crippen LogP contribution >= 0.6 is 0 Å². The first-order valence-electron chi connectivity index (χ1n) is 22.7. The minimum absolute atomic E-state index is 0.0271. The third-order valence-corrected chi connectivity index (χ3v) is 10.9. The molecule has 0 aliphatic carbocycles. The van der Waals surface area contributed by atoms with Crippen molar-refractivity contribution in [3.63, 3.8) is 0 Å². The van der Waals surface area contributed by atoms with Gasteiger partial charge in [0.25, 0.3) is 0 Å². The molecule has 0 saturated heterocycles. The molecule has 0 aromatic heterocycles. The van der Waals surface area contributed by atoms with E-state index in [2.05, 4.69) is 19.2 Å². The lowest BCUT2D eigenvalue weighted by atomic mass is 10.0. The Morgan fingerprint density at radius 3 is 0.918 bits per heavy atom. The molecule has 0 aromatic rings. The molecule has 0 rings (SSSR count). The standard InChI is InChI=1S/C45H91NO3/c1-3-5-7-9-11-13-15-16-17-18-19-20-21-22-23-24-25-26-27-28-29-30-31-33-35-37-39-41-45(49)46-43(42-47)44(48)40-38-36-34-32-14-12-10-8-6-4-2/h43-44,47-48H,3-42H2,1-2H3,(H,46,49)/t43-,44+/m0/s1. The first kappa shape index (κ1) is 48.4. The van der Waals surface area contributed by atoms with E-state index in [0.717, 1.165) is 25.7 Å². The third-order valence-electron chi connectivity index (χ3n) is 10.9. The summed E-state index contributed by atoms with van der Waals surface area (Å²) in [5, 5.41) is 23.1. The summed E-state index contributed by atoms with van der Waals surface area (Å²) in [6.07, 6.45) is 50.6. The Hall–Kier alpha value is -0.610. The summed E-state index contributed by atoms with van der Waals surface area (Å²) in [6.45, 7) is 4.37. The van der Waals surface area contributed by atoms with Gasteiger partial charge in [0.15, 0.2) is 0 Å². The van der Waals surface area contributed by atoms with Gasteiger partial charge in [0.2, 0.25) is 5.91 Å². The number of amides is 1. The number of carbonyl (C=O) groups is 1. The highest BCUT2D eigenvalue weighted by atomic mass is 16.3. The van der Waals surface area contributed by atoms with Crippen LogP contribution in [-0.4, -0.2) is 34.9 Å². The van der Waals surface area contributed by atoms with Crippen molar-refractivity contribution in [2.45, 2.75) is 276 Å². The summed E-state index contributed by atoms with van der Waals surface area (Å²) in [7, 11) is 0. The number of aliphatic hydroxyl groups excluding tert-OH is 2. The smallest absolute Gasteiger partial charge is 0.220 e. The highest BCUT2D eigenvalue weighted by molar-refractivity contribution is 5.76. The molecule has 0 aliphatic rings. The molecule has 0 saturated carbocycles. The molecule has 49 heavy (non-hydrogen) atoms. The molecule has 1 amide bonds. The van der Waals surface area contributed by atoms with E-state index >= 15 is 0 Å². The summed E-state index contributed by atoms with van der Waals surface area (Å²) in [5.74, 6) is -0.0271. The summed E-state index contributed by atoms with van der Waals surface area (Å²) in [4.78, 5) is 12.4. The van der Waals surface area contributed by atoms with Crippen LogP contribution < -0.4 is 5.32 Å². The van der Waals surface area contributed by atoms with Crippen molar-refractivity contribution >= 4 is 5.91 Å². The van der Waals surface area contributed by atoms with E-state index in [9.17, 15) is 15.0 Å². The molecule has 0 heterocycles. The molecule has 4 heteroatoms. The fourth-order valence-corrected chi connectivity index (χ4v) is 7.36. The predicted octanol–water partition coefficient (Wildman–Crippen LogP) is 14.1. The minimum Gasteiger partial charge on any atom is -0.394 e. The van der Waals surface area contributed by atoms with Crippen LogP contribution in [0.4, 0.5) is 0 Å². The number of rotatable bonds is 42. The minimum atomic E-state index is -0.651. The van der Waals surface area contributed by atoms with Crippen molar-refractivity contribution in [3.8, 4) is 0 Å². The molecule has 0 aliphatic heterocycles. The quantitative estimate of drug-likeness (QED) is 0.0557. The van der Waals surface area contributed by atoms with Crippen LogP contribution in [0, 0.1) is 0 Å². The summed E-state index contributed by atoms with van der Waals surface area (Å²) in [5.41, 5.74) is 0. The zero-order valence-electron chi connectivity index (χ0n) is 33.7. The van der Waals surface area contributed by atoms with Gasteiger partial charge in [-0.2, -0.15) is 0 Å². The van der Waals surface area contributed by atoms with Gasteiger partial charge in [-0.1, -0.05) is 245 Å². The van der Waals surface area contributed by atoms with Crippen molar-refractivity contribution in [2.24, 2.45) is 0 Å². The monoisotopic (exact) mass is 694 g/mol. The average molecular weight is 694 g/mol. The Balaban J connectivity index is 3.37. The van der Waals surface area contributed by atoms with E-state index in [0.29, 0.717) is 12.8 Å². The van der Waals surface area contributed by atoms with E-state index in [1.165, 1.54) is 212 Å². The molecule has 294 valence electrons. The second-order valence-corrected chi connectivity index (χ2v) is 15.8. The molecule has 3 N–H and O–H groups in total. The van der Waals surface area contributed by atoms with E-state index in [4.69, 9.17) is 0 Å². The Morgan fingerprint density at radius 2 is 0.653 bits per heavy atom. The topological polar surface area (TPSA) is 69.6 Å². The summed E-state index contributed by atoms with van der Waals surface area (Å²) < 4.78 is 0. The SMILES string of the molecule is CCCCCCCCCCCCCCCCCCCCCCCCCCCCCC(=O)N[C@@H](CO)[C@H](O)CCCCCCCCCCCC. The molecular formula is C45H91NO3. The lowest BCUT2D eigenvalue weighted by molar-refractivity contribution is -0.123. The number of unbranched alkanes of at least 4 members (excludes halogenated alkanes) is 35. The van der Waals surface area contributed by atoms with Crippen molar-refractivity contribution < 1.29 is 15.0 Å². The van der Waals surface area contributed by atoms with Crippen molar-refractivity contribution in [2.75, 3.05) is 6.61 Å². The van der Waals surface area contributed by atoms with Gasteiger partial charge in [0.05, 0.1) is 18.8 Å². The van der Waals surface area contributed by atoms with E-state index in [-0.39, 0.29) is 12.5 Å². The Labute approximate surface area is 308 Å². The van der Waals surface area contributed by atoms with Gasteiger partial charge < -0.3 is 15.5 Å². The number of hydrogen-bond donors (Lipinski definition) is 3. The van der Waals surface area contributed by atoms with Gasteiger partial charge in [0.1, 0.15) is 0 Å². The molecule has 0 fully saturated rings.